The van der Waals surface area contributed by atoms with E-state index in [4.69, 9.17) is 4.74 Å². The number of hydrogen-bond donors (Lipinski definition) is 1. The zero-order chi connectivity index (χ0) is 18.3. The van der Waals surface area contributed by atoms with Crippen LogP contribution in [0.15, 0.2) is 97.7 Å². The number of para-hydroxylation sites is 2. The highest BCUT2D eigenvalue weighted by molar-refractivity contribution is 5.64. The molecular weight excluding hydrogens is 336 g/mol. The molecule has 4 rings (SSSR count). The Morgan fingerprint density at radius 1 is 0.704 bits per heavy atom. The Labute approximate surface area is 157 Å². The highest BCUT2D eigenvalue weighted by Gasteiger charge is 2.18. The van der Waals surface area contributed by atoms with Gasteiger partial charge in [0.2, 0.25) is 0 Å². The zero-order valence-electron chi connectivity index (χ0n) is 14.6. The third kappa shape index (κ3) is 4.10. The van der Waals surface area contributed by atoms with E-state index < -0.39 is 0 Å². The third-order valence-corrected chi connectivity index (χ3v) is 4.03. The Bertz CT molecular complexity index is 939. The van der Waals surface area contributed by atoms with E-state index in [-0.39, 0.29) is 6.10 Å². The van der Waals surface area contributed by atoms with Crippen molar-refractivity contribution in [1.29, 1.82) is 0 Å². The van der Waals surface area contributed by atoms with Crippen LogP contribution < -0.4 is 10.1 Å². The van der Waals surface area contributed by atoms with Crippen molar-refractivity contribution in [2.24, 2.45) is 0 Å². The molecule has 0 aliphatic rings. The summed E-state index contributed by atoms with van der Waals surface area (Å²) in [5, 5.41) is 3.31. The maximum atomic E-state index is 6.42. The fourth-order valence-electron chi connectivity index (χ4n) is 2.76. The summed E-state index contributed by atoms with van der Waals surface area (Å²) in [4.78, 5) is 12.8. The topological polar surface area (TPSA) is 59.9 Å². The molecule has 132 valence electrons. The van der Waals surface area contributed by atoms with E-state index in [2.05, 4.69) is 20.3 Å². The Morgan fingerprint density at radius 3 is 2.04 bits per heavy atom. The van der Waals surface area contributed by atoms with E-state index in [1.807, 2.05) is 79.1 Å². The molecule has 3 heterocycles. The van der Waals surface area contributed by atoms with Gasteiger partial charge in [0.05, 0.1) is 5.69 Å². The molecule has 0 atom stereocenters. The molecule has 0 unspecified atom stereocenters. The minimum atomic E-state index is -0.320. The first-order valence-corrected chi connectivity index (χ1v) is 8.64. The fraction of sp³-hybridized carbons (Fsp3) is 0.0455. The molecule has 5 heteroatoms. The number of ether oxygens (including phenoxy) is 1. The number of pyridine rings is 3. The fourth-order valence-corrected chi connectivity index (χ4v) is 2.76. The Balaban J connectivity index is 1.68. The van der Waals surface area contributed by atoms with Gasteiger partial charge in [-0.2, -0.15) is 0 Å². The highest BCUT2D eigenvalue weighted by atomic mass is 16.5. The summed E-state index contributed by atoms with van der Waals surface area (Å²) in [5.41, 5.74) is 2.75. The van der Waals surface area contributed by atoms with Crippen LogP contribution in [0.1, 0.15) is 17.2 Å². The van der Waals surface area contributed by atoms with Crippen LogP contribution in [0.4, 0.5) is 11.5 Å². The summed E-state index contributed by atoms with van der Waals surface area (Å²) in [5.74, 6) is 1.48. The van der Waals surface area contributed by atoms with Crippen molar-refractivity contribution in [1.82, 2.24) is 15.0 Å². The molecule has 0 aliphatic heterocycles. The van der Waals surface area contributed by atoms with Gasteiger partial charge in [0.1, 0.15) is 11.6 Å². The van der Waals surface area contributed by atoms with Crippen LogP contribution in [0, 0.1) is 0 Å². The second-order valence-electron chi connectivity index (χ2n) is 5.91. The average molecular weight is 354 g/mol. The van der Waals surface area contributed by atoms with Gasteiger partial charge in [-0.15, -0.1) is 0 Å². The van der Waals surface area contributed by atoms with E-state index in [1.54, 1.807) is 18.6 Å². The molecule has 0 bridgehead atoms. The lowest BCUT2D eigenvalue weighted by atomic mass is 10.0. The molecule has 5 nitrogen and oxygen atoms in total. The number of nitrogens with one attached hydrogen (secondary N) is 1. The minimum absolute atomic E-state index is 0.320. The molecule has 27 heavy (non-hydrogen) atoms. The molecule has 0 saturated heterocycles. The van der Waals surface area contributed by atoms with Gasteiger partial charge in [-0.25, -0.2) is 4.98 Å². The normalized spacial score (nSPS) is 10.6. The van der Waals surface area contributed by atoms with Crippen molar-refractivity contribution in [3.05, 3.63) is 109 Å². The van der Waals surface area contributed by atoms with Crippen LogP contribution in [-0.2, 0) is 0 Å². The Kier molecular flexibility index (Phi) is 5.02. The van der Waals surface area contributed by atoms with Gasteiger partial charge in [-0.05, 0) is 36.4 Å². The predicted molar refractivity (Wildman–Crippen MR) is 105 cm³/mol. The molecule has 0 spiro atoms. The van der Waals surface area contributed by atoms with Crippen LogP contribution in [0.3, 0.4) is 0 Å². The number of hydrogen-bond acceptors (Lipinski definition) is 5. The van der Waals surface area contributed by atoms with E-state index in [9.17, 15) is 0 Å². The van der Waals surface area contributed by atoms with Gasteiger partial charge >= 0.3 is 0 Å². The van der Waals surface area contributed by atoms with Gasteiger partial charge in [-0.3, -0.25) is 9.97 Å². The molecule has 0 saturated carbocycles. The standard InChI is InChI=1S/C22H18N4O/c1-2-10-20(19(9-1)26-21-11-3-4-14-25-21)27-22(17-7-5-12-23-15-17)18-8-6-13-24-16-18/h1-16,22H,(H,25,26). The van der Waals surface area contributed by atoms with Gasteiger partial charge in [0.15, 0.2) is 6.10 Å². The van der Waals surface area contributed by atoms with Crippen molar-refractivity contribution in [2.45, 2.75) is 6.10 Å². The smallest absolute Gasteiger partial charge is 0.152 e. The first kappa shape index (κ1) is 16.7. The van der Waals surface area contributed by atoms with Crippen molar-refractivity contribution in [3.8, 4) is 5.75 Å². The lowest BCUT2D eigenvalue weighted by Crippen LogP contribution is -2.11. The number of anilines is 2. The summed E-state index contributed by atoms with van der Waals surface area (Å²) >= 11 is 0. The zero-order valence-corrected chi connectivity index (χ0v) is 14.6. The van der Waals surface area contributed by atoms with Crippen LogP contribution in [0.2, 0.25) is 0 Å². The van der Waals surface area contributed by atoms with E-state index in [0.717, 1.165) is 28.4 Å². The molecule has 0 radical (unpaired) electrons. The first-order chi connectivity index (χ1) is 13.4. The maximum absolute atomic E-state index is 6.42. The number of nitrogens with zero attached hydrogens (tertiary/aromatic N) is 3. The summed E-state index contributed by atoms with van der Waals surface area (Å²) in [6, 6.07) is 21.3. The van der Waals surface area contributed by atoms with Gasteiger partial charge in [-0.1, -0.05) is 30.3 Å². The quantitative estimate of drug-likeness (QED) is 0.540. The number of rotatable bonds is 6. The average Bonchev–Trinajstić information content (AvgIpc) is 2.75. The van der Waals surface area contributed by atoms with Crippen molar-refractivity contribution >= 4 is 11.5 Å². The van der Waals surface area contributed by atoms with E-state index in [0.29, 0.717) is 0 Å². The molecule has 1 aromatic carbocycles. The number of aromatic nitrogens is 3. The van der Waals surface area contributed by atoms with Crippen molar-refractivity contribution in [3.63, 3.8) is 0 Å². The Hall–Kier alpha value is -3.73. The lowest BCUT2D eigenvalue weighted by molar-refractivity contribution is 0.248. The third-order valence-electron chi connectivity index (χ3n) is 4.03. The summed E-state index contributed by atoms with van der Waals surface area (Å²) < 4.78 is 6.42. The van der Waals surface area contributed by atoms with Crippen molar-refractivity contribution in [2.75, 3.05) is 5.32 Å². The van der Waals surface area contributed by atoms with E-state index >= 15 is 0 Å². The summed E-state index contributed by atoms with van der Waals surface area (Å²) in [7, 11) is 0. The Morgan fingerprint density at radius 2 is 1.41 bits per heavy atom. The molecule has 0 amide bonds. The molecule has 3 aromatic heterocycles. The van der Waals surface area contributed by atoms with Gasteiger partial charge in [0, 0.05) is 42.1 Å². The van der Waals surface area contributed by atoms with Gasteiger partial charge in [0.25, 0.3) is 0 Å². The highest BCUT2D eigenvalue weighted by Crippen LogP contribution is 2.33. The molecule has 0 aliphatic carbocycles. The minimum Gasteiger partial charge on any atom is -0.479 e. The van der Waals surface area contributed by atoms with E-state index in [1.165, 1.54) is 0 Å². The SMILES string of the molecule is c1ccc(Nc2ccccc2OC(c2cccnc2)c2cccnc2)nc1. The van der Waals surface area contributed by atoms with Crippen LogP contribution in [0.25, 0.3) is 0 Å². The second-order valence-corrected chi connectivity index (χ2v) is 5.91. The van der Waals surface area contributed by atoms with Crippen LogP contribution in [-0.4, -0.2) is 15.0 Å². The van der Waals surface area contributed by atoms with Gasteiger partial charge < -0.3 is 10.1 Å². The lowest BCUT2D eigenvalue weighted by Gasteiger charge is -2.21. The largest absolute Gasteiger partial charge is 0.479 e. The molecule has 4 aromatic rings. The monoisotopic (exact) mass is 354 g/mol. The molecule has 0 fully saturated rings. The van der Waals surface area contributed by atoms with Crippen molar-refractivity contribution < 1.29 is 4.74 Å². The second kappa shape index (κ2) is 8.10. The summed E-state index contributed by atoms with van der Waals surface area (Å²) in [6.07, 6.45) is 8.55. The maximum Gasteiger partial charge on any atom is 0.152 e. The van der Waals surface area contributed by atoms with Crippen LogP contribution in [0.5, 0.6) is 5.75 Å². The molecule has 1 N–H and O–H groups in total. The first-order valence-electron chi connectivity index (χ1n) is 8.64. The van der Waals surface area contributed by atoms with Crippen LogP contribution >= 0.6 is 0 Å². The predicted octanol–water partition coefficient (Wildman–Crippen LogP) is 4.78. The molecular formula is C22H18N4O. The number of benzene rings is 1. The summed E-state index contributed by atoms with van der Waals surface area (Å²) in [6.45, 7) is 0.